The first-order chi connectivity index (χ1) is 23.9. The minimum absolute atomic E-state index is 0.0444. The van der Waals surface area contributed by atoms with Gasteiger partial charge in [0.05, 0.1) is 31.1 Å². The average molecular weight is 674 g/mol. The standard InChI is InChI=1S/C40H55N3O6/c1-29(42-25-38(46)32-16-19-37(45)36(24-32)43-28-44)23-30-14-17-35(18-15-30)48-22-8-7-9-31-20-21-41-26-39(31)49-27-40(47,34-12-5-6-13-34)33-10-3-2-4-11-33/h2-4,10-11,14-19,24,28-29,31,34,38-39,41-42,45-47H,5-9,12-13,20-23,25-27H2,1H3,(H,43,44)/t29?,31?,38-,39-,40?/m1/s1. The van der Waals surface area contributed by atoms with E-state index in [1.54, 1.807) is 12.1 Å². The summed E-state index contributed by atoms with van der Waals surface area (Å²) >= 11 is 0. The van der Waals surface area contributed by atoms with Gasteiger partial charge in [0.2, 0.25) is 6.41 Å². The van der Waals surface area contributed by atoms with Gasteiger partial charge in [0, 0.05) is 19.1 Å². The number of ether oxygens (including phenoxy) is 2. The smallest absolute Gasteiger partial charge is 0.211 e. The molecule has 3 unspecified atom stereocenters. The van der Waals surface area contributed by atoms with Gasteiger partial charge >= 0.3 is 0 Å². The zero-order valence-corrected chi connectivity index (χ0v) is 28.9. The third-order valence-electron chi connectivity index (χ3n) is 10.4. The Kier molecular flexibility index (Phi) is 13.9. The SMILES string of the molecule is CC(Cc1ccc(OCCCCC2CCNC[C@H]2OCC(O)(c2ccccc2)C2CCCC2)cc1)NC[C@@H](O)c1ccc(O)c(NC=O)c1. The molecular formula is C40H55N3O6. The molecule has 6 N–H and O–H groups in total. The maximum absolute atomic E-state index is 11.9. The van der Waals surface area contributed by atoms with E-state index in [1.165, 1.54) is 24.5 Å². The molecule has 9 heteroatoms. The van der Waals surface area contributed by atoms with Crippen LogP contribution in [0, 0.1) is 11.8 Å². The molecule has 1 aliphatic heterocycles. The number of amides is 1. The van der Waals surface area contributed by atoms with E-state index in [1.807, 2.05) is 42.5 Å². The minimum atomic E-state index is -0.934. The molecular weight excluding hydrogens is 618 g/mol. The molecule has 1 aliphatic carbocycles. The number of hydrogen-bond donors (Lipinski definition) is 6. The number of piperidine rings is 1. The van der Waals surface area contributed by atoms with Crippen LogP contribution in [0.5, 0.6) is 11.5 Å². The van der Waals surface area contributed by atoms with Gasteiger partial charge in [-0.3, -0.25) is 4.79 Å². The molecule has 0 spiro atoms. The fourth-order valence-corrected chi connectivity index (χ4v) is 7.43. The molecule has 0 radical (unpaired) electrons. The Morgan fingerprint density at radius 1 is 1.02 bits per heavy atom. The number of aromatic hydroxyl groups is 1. The van der Waals surface area contributed by atoms with Gasteiger partial charge in [0.15, 0.2) is 0 Å². The fourth-order valence-electron chi connectivity index (χ4n) is 7.43. The Bertz CT molecular complexity index is 1420. The van der Waals surface area contributed by atoms with E-state index >= 15 is 0 Å². The highest BCUT2D eigenvalue weighted by Crippen LogP contribution is 2.41. The molecule has 5 atom stereocenters. The number of aliphatic hydroxyl groups is 2. The first kappa shape index (κ1) is 36.8. The maximum Gasteiger partial charge on any atom is 0.211 e. The molecule has 49 heavy (non-hydrogen) atoms. The number of nitrogens with one attached hydrogen (secondary N) is 3. The summed E-state index contributed by atoms with van der Waals surface area (Å²) in [5, 5.41) is 41.7. The number of anilines is 1. The van der Waals surface area contributed by atoms with Crippen molar-refractivity contribution in [2.24, 2.45) is 11.8 Å². The van der Waals surface area contributed by atoms with Crippen LogP contribution in [0.4, 0.5) is 5.69 Å². The molecule has 3 aromatic rings. The number of hydrogen-bond acceptors (Lipinski definition) is 8. The quantitative estimate of drug-likeness (QED) is 0.0532. The van der Waals surface area contributed by atoms with Crippen molar-refractivity contribution in [1.29, 1.82) is 0 Å². The molecule has 1 amide bonds. The van der Waals surface area contributed by atoms with Gasteiger partial charge in [-0.25, -0.2) is 0 Å². The highest BCUT2D eigenvalue weighted by atomic mass is 16.5. The molecule has 266 valence electrons. The van der Waals surface area contributed by atoms with Gasteiger partial charge in [-0.2, -0.15) is 0 Å². The van der Waals surface area contributed by atoms with Crippen molar-refractivity contribution in [2.45, 2.75) is 88.6 Å². The normalized spacial score (nSPS) is 20.7. The first-order valence-corrected chi connectivity index (χ1v) is 18.1. The first-order valence-electron chi connectivity index (χ1n) is 18.1. The van der Waals surface area contributed by atoms with Crippen LogP contribution in [0.25, 0.3) is 0 Å². The molecule has 1 saturated heterocycles. The van der Waals surface area contributed by atoms with Crippen molar-refractivity contribution in [3.8, 4) is 11.5 Å². The number of carbonyl (C=O) groups is 1. The van der Waals surface area contributed by atoms with E-state index in [9.17, 15) is 20.1 Å². The van der Waals surface area contributed by atoms with Crippen LogP contribution in [-0.2, 0) is 21.6 Å². The van der Waals surface area contributed by atoms with Crippen molar-refractivity contribution in [2.75, 3.05) is 38.2 Å². The third kappa shape index (κ3) is 10.5. The fraction of sp³-hybridized carbons (Fsp3) is 0.525. The van der Waals surface area contributed by atoms with Crippen LogP contribution >= 0.6 is 0 Å². The number of aliphatic hydroxyl groups excluding tert-OH is 1. The van der Waals surface area contributed by atoms with Gasteiger partial charge in [0.25, 0.3) is 0 Å². The molecule has 2 aliphatic rings. The molecule has 3 aromatic carbocycles. The maximum atomic E-state index is 11.9. The third-order valence-corrected chi connectivity index (χ3v) is 10.4. The highest BCUT2D eigenvalue weighted by Gasteiger charge is 2.41. The van der Waals surface area contributed by atoms with E-state index in [0.29, 0.717) is 37.6 Å². The summed E-state index contributed by atoms with van der Waals surface area (Å²) in [6.45, 7) is 5.27. The average Bonchev–Trinajstić information content (AvgIpc) is 3.68. The summed E-state index contributed by atoms with van der Waals surface area (Å²) in [5.41, 5.74) is 2.10. The van der Waals surface area contributed by atoms with Gasteiger partial charge in [0.1, 0.15) is 17.1 Å². The predicted octanol–water partition coefficient (Wildman–Crippen LogP) is 5.84. The summed E-state index contributed by atoms with van der Waals surface area (Å²) in [5.74, 6) is 1.54. The predicted molar refractivity (Wildman–Crippen MR) is 193 cm³/mol. The largest absolute Gasteiger partial charge is 0.506 e. The van der Waals surface area contributed by atoms with Crippen LogP contribution in [0.15, 0.2) is 72.8 Å². The van der Waals surface area contributed by atoms with Crippen molar-refractivity contribution < 1.29 is 29.6 Å². The zero-order valence-electron chi connectivity index (χ0n) is 28.9. The van der Waals surface area contributed by atoms with E-state index in [-0.39, 0.29) is 29.5 Å². The lowest BCUT2D eigenvalue weighted by molar-refractivity contribution is -0.124. The summed E-state index contributed by atoms with van der Waals surface area (Å²) in [6, 6.07) is 23.1. The summed E-state index contributed by atoms with van der Waals surface area (Å²) < 4.78 is 12.6. The van der Waals surface area contributed by atoms with Gasteiger partial charge in [-0.1, -0.05) is 61.4 Å². The number of phenols is 1. The lowest BCUT2D eigenvalue weighted by Crippen LogP contribution is -2.46. The summed E-state index contributed by atoms with van der Waals surface area (Å²) in [7, 11) is 0. The van der Waals surface area contributed by atoms with Crippen molar-refractivity contribution >= 4 is 12.1 Å². The van der Waals surface area contributed by atoms with Crippen LogP contribution in [0.3, 0.4) is 0 Å². The van der Waals surface area contributed by atoms with Gasteiger partial charge < -0.3 is 40.7 Å². The van der Waals surface area contributed by atoms with E-state index in [2.05, 4.69) is 35.0 Å². The van der Waals surface area contributed by atoms with Crippen LogP contribution in [0.2, 0.25) is 0 Å². The minimum Gasteiger partial charge on any atom is -0.506 e. The molecule has 0 bridgehead atoms. The summed E-state index contributed by atoms with van der Waals surface area (Å²) in [4.78, 5) is 10.7. The Balaban J connectivity index is 1.01. The Morgan fingerprint density at radius 3 is 2.55 bits per heavy atom. The number of unbranched alkanes of at least 4 members (excludes halogenated alkanes) is 1. The van der Waals surface area contributed by atoms with Crippen molar-refractivity contribution in [1.82, 2.24) is 10.6 Å². The summed E-state index contributed by atoms with van der Waals surface area (Å²) in [6.07, 6.45) is 9.30. The van der Waals surface area contributed by atoms with E-state index in [0.717, 1.165) is 69.3 Å². The number of carbonyl (C=O) groups excluding carboxylic acids is 1. The molecule has 1 saturated carbocycles. The van der Waals surface area contributed by atoms with Gasteiger partial charge in [-0.05, 0) is 111 Å². The second-order valence-electron chi connectivity index (χ2n) is 13.9. The molecule has 9 nitrogen and oxygen atoms in total. The number of rotatable bonds is 19. The van der Waals surface area contributed by atoms with Crippen molar-refractivity contribution in [3.63, 3.8) is 0 Å². The lowest BCUT2D eigenvalue weighted by Gasteiger charge is -2.38. The van der Waals surface area contributed by atoms with E-state index in [4.69, 9.17) is 9.47 Å². The van der Waals surface area contributed by atoms with Crippen LogP contribution in [-0.4, -0.2) is 66.7 Å². The second kappa shape index (κ2) is 18.5. The van der Waals surface area contributed by atoms with Gasteiger partial charge in [-0.15, -0.1) is 0 Å². The Labute approximate surface area is 291 Å². The molecule has 0 aromatic heterocycles. The highest BCUT2D eigenvalue weighted by molar-refractivity contribution is 5.75. The number of phenolic OH excluding ortho intramolecular Hbond substituents is 1. The molecule has 1 heterocycles. The van der Waals surface area contributed by atoms with Crippen molar-refractivity contribution in [3.05, 3.63) is 89.5 Å². The topological polar surface area (TPSA) is 132 Å². The zero-order chi connectivity index (χ0) is 34.5. The lowest BCUT2D eigenvalue weighted by atomic mass is 9.80. The van der Waals surface area contributed by atoms with Crippen LogP contribution < -0.4 is 20.7 Å². The molecule has 5 rings (SSSR count). The van der Waals surface area contributed by atoms with E-state index < -0.39 is 11.7 Å². The monoisotopic (exact) mass is 673 g/mol. The second-order valence-corrected chi connectivity index (χ2v) is 13.9. The number of benzene rings is 3. The van der Waals surface area contributed by atoms with Crippen LogP contribution in [0.1, 0.15) is 81.1 Å². The Morgan fingerprint density at radius 2 is 1.80 bits per heavy atom. The Hall–Kier alpha value is -3.47. The molecule has 2 fully saturated rings.